The second kappa shape index (κ2) is 8.22. The van der Waals surface area contributed by atoms with E-state index in [4.69, 9.17) is 16.3 Å². The molecule has 0 radical (unpaired) electrons. The molecule has 0 spiro atoms. The molecule has 140 valence electrons. The van der Waals surface area contributed by atoms with Gasteiger partial charge < -0.3 is 10.1 Å². The third-order valence-electron chi connectivity index (χ3n) is 3.97. The van der Waals surface area contributed by atoms with Gasteiger partial charge in [0.25, 0.3) is 5.91 Å². The number of aromatic nitrogens is 2. The zero-order valence-corrected chi connectivity index (χ0v) is 15.7. The Hall–Kier alpha value is -2.86. The van der Waals surface area contributed by atoms with Crippen molar-refractivity contribution in [2.24, 2.45) is 0 Å². The van der Waals surface area contributed by atoms with Gasteiger partial charge in [-0.25, -0.2) is 4.39 Å². The first-order valence-electron chi connectivity index (χ1n) is 8.41. The third-order valence-corrected chi connectivity index (χ3v) is 4.20. The van der Waals surface area contributed by atoms with Crippen LogP contribution in [0.2, 0.25) is 5.02 Å². The van der Waals surface area contributed by atoms with E-state index in [1.165, 1.54) is 12.1 Å². The van der Waals surface area contributed by atoms with E-state index in [1.807, 2.05) is 6.92 Å². The van der Waals surface area contributed by atoms with Crippen LogP contribution in [-0.4, -0.2) is 21.8 Å². The van der Waals surface area contributed by atoms with Crippen LogP contribution in [0.3, 0.4) is 0 Å². The lowest BCUT2D eigenvalue weighted by Crippen LogP contribution is -2.30. The maximum absolute atomic E-state index is 13.0. The number of anilines is 1. The Labute approximate surface area is 161 Å². The van der Waals surface area contributed by atoms with Crippen LogP contribution >= 0.6 is 11.6 Å². The lowest BCUT2D eigenvalue weighted by molar-refractivity contribution is -0.122. The molecule has 27 heavy (non-hydrogen) atoms. The molecule has 1 aromatic heterocycles. The van der Waals surface area contributed by atoms with Crippen LogP contribution in [0.15, 0.2) is 54.9 Å². The monoisotopic (exact) mass is 387 g/mol. The number of hydrogen-bond acceptors (Lipinski definition) is 3. The van der Waals surface area contributed by atoms with E-state index in [1.54, 1.807) is 54.3 Å². The fraction of sp³-hybridized carbons (Fsp3) is 0.200. The quantitative estimate of drug-likeness (QED) is 0.680. The number of ether oxygens (including phenoxy) is 1. The minimum atomic E-state index is -0.690. The highest BCUT2D eigenvalue weighted by Gasteiger charge is 2.16. The van der Waals surface area contributed by atoms with E-state index in [-0.39, 0.29) is 11.7 Å². The second-order valence-corrected chi connectivity index (χ2v) is 6.65. The van der Waals surface area contributed by atoms with Crippen molar-refractivity contribution in [3.8, 4) is 5.75 Å². The Morgan fingerprint density at radius 1 is 1.30 bits per heavy atom. The average Bonchev–Trinajstić information content (AvgIpc) is 3.06. The molecule has 0 fully saturated rings. The maximum atomic E-state index is 13.0. The minimum Gasteiger partial charge on any atom is -0.481 e. The Morgan fingerprint density at radius 2 is 2.04 bits per heavy atom. The van der Waals surface area contributed by atoms with Crippen molar-refractivity contribution in [3.63, 3.8) is 0 Å². The number of carbonyl (C=O) groups excluding carboxylic acids is 1. The number of rotatable bonds is 6. The summed E-state index contributed by atoms with van der Waals surface area (Å²) in [4.78, 5) is 12.4. The second-order valence-electron chi connectivity index (χ2n) is 6.21. The van der Waals surface area contributed by atoms with Gasteiger partial charge in [0.2, 0.25) is 0 Å². The van der Waals surface area contributed by atoms with Gasteiger partial charge in [0.05, 0.1) is 18.4 Å². The molecule has 3 aromatic rings. The zero-order valence-electron chi connectivity index (χ0n) is 14.9. The predicted octanol–water partition coefficient (Wildman–Crippen LogP) is 4.44. The summed E-state index contributed by atoms with van der Waals surface area (Å²) >= 11 is 5.93. The van der Waals surface area contributed by atoms with Crippen LogP contribution in [0.4, 0.5) is 10.1 Å². The Bertz CT molecular complexity index is 941. The molecule has 0 unspecified atom stereocenters. The van der Waals surface area contributed by atoms with Crippen LogP contribution in [0, 0.1) is 12.7 Å². The first kappa shape index (κ1) is 18.9. The largest absolute Gasteiger partial charge is 0.481 e. The topological polar surface area (TPSA) is 56.1 Å². The summed E-state index contributed by atoms with van der Waals surface area (Å²) in [6.07, 6.45) is 2.58. The smallest absolute Gasteiger partial charge is 0.265 e. The molecule has 0 saturated carbocycles. The van der Waals surface area contributed by atoms with Crippen LogP contribution in [0.25, 0.3) is 0 Å². The highest BCUT2D eigenvalue weighted by atomic mass is 35.5. The standard InChI is InChI=1S/C20H19ClFN3O2/c1-13-9-16(21)5-8-19(13)27-14(2)20(26)24-18-10-23-25(12-18)11-15-3-6-17(22)7-4-15/h3-10,12,14H,11H2,1-2H3,(H,24,26)/t14-/m1/s1. The molecule has 0 saturated heterocycles. The van der Waals surface area contributed by atoms with Crippen molar-refractivity contribution in [2.45, 2.75) is 26.5 Å². The summed E-state index contributed by atoms with van der Waals surface area (Å²) in [5, 5.41) is 7.60. The number of nitrogens with one attached hydrogen (secondary N) is 1. The summed E-state index contributed by atoms with van der Waals surface area (Å²) in [6.45, 7) is 4.02. The SMILES string of the molecule is Cc1cc(Cl)ccc1O[C@H](C)C(=O)Nc1cnn(Cc2ccc(F)cc2)c1. The van der Waals surface area contributed by atoms with Gasteiger partial charge in [0, 0.05) is 11.2 Å². The lowest BCUT2D eigenvalue weighted by atomic mass is 10.2. The number of carbonyl (C=O) groups is 1. The molecule has 1 heterocycles. The molecule has 1 atom stereocenters. The number of amides is 1. The van der Waals surface area contributed by atoms with E-state index in [0.717, 1.165) is 11.1 Å². The first-order valence-corrected chi connectivity index (χ1v) is 8.79. The van der Waals surface area contributed by atoms with E-state index < -0.39 is 6.10 Å². The number of halogens is 2. The van der Waals surface area contributed by atoms with E-state index >= 15 is 0 Å². The maximum Gasteiger partial charge on any atom is 0.265 e. The number of nitrogens with zero attached hydrogens (tertiary/aromatic N) is 2. The highest BCUT2D eigenvalue weighted by Crippen LogP contribution is 2.23. The van der Waals surface area contributed by atoms with Crippen molar-refractivity contribution in [1.82, 2.24) is 9.78 Å². The van der Waals surface area contributed by atoms with Gasteiger partial charge in [-0.05, 0) is 55.3 Å². The van der Waals surface area contributed by atoms with Gasteiger partial charge in [-0.15, -0.1) is 0 Å². The fourth-order valence-electron chi connectivity index (χ4n) is 2.52. The van der Waals surface area contributed by atoms with Gasteiger partial charge in [-0.1, -0.05) is 23.7 Å². The van der Waals surface area contributed by atoms with Crippen LogP contribution in [0.5, 0.6) is 5.75 Å². The van der Waals surface area contributed by atoms with Gasteiger partial charge in [-0.2, -0.15) is 5.10 Å². The Balaban J connectivity index is 1.59. The number of aryl methyl sites for hydroxylation is 1. The molecule has 3 rings (SSSR count). The molecular formula is C20H19ClFN3O2. The molecule has 7 heteroatoms. The summed E-state index contributed by atoms with van der Waals surface area (Å²) in [6, 6.07) is 11.4. The summed E-state index contributed by atoms with van der Waals surface area (Å²) in [7, 11) is 0. The molecule has 0 aliphatic rings. The molecule has 1 N–H and O–H groups in total. The number of benzene rings is 2. The van der Waals surface area contributed by atoms with E-state index in [9.17, 15) is 9.18 Å². The van der Waals surface area contributed by atoms with E-state index in [0.29, 0.717) is 23.0 Å². The third kappa shape index (κ3) is 5.08. The Morgan fingerprint density at radius 3 is 2.74 bits per heavy atom. The highest BCUT2D eigenvalue weighted by molar-refractivity contribution is 6.30. The van der Waals surface area contributed by atoms with Crippen LogP contribution in [-0.2, 0) is 11.3 Å². The molecule has 0 bridgehead atoms. The molecule has 1 amide bonds. The van der Waals surface area contributed by atoms with Crippen LogP contribution in [0.1, 0.15) is 18.1 Å². The van der Waals surface area contributed by atoms with Gasteiger partial charge in [0.15, 0.2) is 6.10 Å². The summed E-state index contributed by atoms with van der Waals surface area (Å²) in [5.74, 6) is 0.0387. The van der Waals surface area contributed by atoms with Gasteiger partial charge >= 0.3 is 0 Å². The van der Waals surface area contributed by atoms with Crippen molar-refractivity contribution in [1.29, 1.82) is 0 Å². The van der Waals surface area contributed by atoms with Crippen molar-refractivity contribution < 1.29 is 13.9 Å². The molecule has 0 aliphatic carbocycles. The fourth-order valence-corrected chi connectivity index (χ4v) is 2.75. The summed E-state index contributed by atoms with van der Waals surface area (Å²) < 4.78 is 20.3. The first-order chi connectivity index (χ1) is 12.9. The summed E-state index contributed by atoms with van der Waals surface area (Å²) in [5.41, 5.74) is 2.33. The average molecular weight is 388 g/mol. The predicted molar refractivity (Wildman–Crippen MR) is 103 cm³/mol. The van der Waals surface area contributed by atoms with E-state index in [2.05, 4.69) is 10.4 Å². The molecule has 0 aliphatic heterocycles. The van der Waals surface area contributed by atoms with Crippen molar-refractivity contribution in [2.75, 3.05) is 5.32 Å². The normalized spacial score (nSPS) is 11.9. The van der Waals surface area contributed by atoms with Crippen molar-refractivity contribution in [3.05, 3.63) is 76.8 Å². The molecular weight excluding hydrogens is 369 g/mol. The van der Waals surface area contributed by atoms with Gasteiger partial charge in [0.1, 0.15) is 11.6 Å². The van der Waals surface area contributed by atoms with Crippen LogP contribution < -0.4 is 10.1 Å². The Kier molecular flexibility index (Phi) is 5.76. The zero-order chi connectivity index (χ0) is 19.4. The van der Waals surface area contributed by atoms with Gasteiger partial charge in [-0.3, -0.25) is 9.48 Å². The lowest BCUT2D eigenvalue weighted by Gasteiger charge is -2.15. The van der Waals surface area contributed by atoms with Crippen molar-refractivity contribution >= 4 is 23.2 Å². The minimum absolute atomic E-state index is 0.280. The number of hydrogen-bond donors (Lipinski definition) is 1. The molecule has 2 aromatic carbocycles. The molecule has 5 nitrogen and oxygen atoms in total.